The summed E-state index contributed by atoms with van der Waals surface area (Å²) in [6, 6.07) is 20.5. The van der Waals surface area contributed by atoms with Crippen molar-refractivity contribution < 1.29 is 4.79 Å². The van der Waals surface area contributed by atoms with Crippen LogP contribution in [0, 0.1) is 17.8 Å². The third-order valence-electron chi connectivity index (χ3n) is 4.45. The highest BCUT2D eigenvalue weighted by Gasteiger charge is 2.34. The van der Waals surface area contributed by atoms with Crippen LogP contribution in [0.1, 0.15) is 30.5 Å². The minimum atomic E-state index is 0. The Bertz CT molecular complexity index is 718. The Morgan fingerprint density at radius 2 is 1.67 bits per heavy atom. The van der Waals surface area contributed by atoms with Gasteiger partial charge in [-0.25, -0.2) is 0 Å². The van der Waals surface area contributed by atoms with Gasteiger partial charge in [-0.1, -0.05) is 67.3 Å². The lowest BCUT2D eigenvalue weighted by Gasteiger charge is -2.38. The highest BCUT2D eigenvalue weighted by Crippen LogP contribution is 2.33. The lowest BCUT2D eigenvalue weighted by atomic mass is 9.85. The molecule has 2 aromatic rings. The van der Waals surface area contributed by atoms with E-state index in [1.807, 2.05) is 55.5 Å². The number of carbonyl (C=O) groups excluding carboxylic acids is 1. The van der Waals surface area contributed by atoms with Gasteiger partial charge >= 0.3 is 0 Å². The van der Waals surface area contributed by atoms with E-state index in [9.17, 15) is 4.79 Å². The second-order valence-corrected chi connectivity index (χ2v) is 6.00. The van der Waals surface area contributed by atoms with Crippen LogP contribution in [0.4, 0.5) is 0 Å². The van der Waals surface area contributed by atoms with Crippen molar-refractivity contribution >= 4 is 18.2 Å². The molecular weight excluding hydrogens is 318 g/mol. The maximum atomic E-state index is 12.2. The van der Waals surface area contributed by atoms with Crippen LogP contribution in [0.3, 0.4) is 0 Å². The van der Waals surface area contributed by atoms with E-state index in [4.69, 9.17) is 0 Å². The minimum Gasteiger partial charge on any atom is -0.299 e. The minimum absolute atomic E-state index is 0. The number of benzene rings is 2. The van der Waals surface area contributed by atoms with Gasteiger partial charge in [-0.3, -0.25) is 9.69 Å². The van der Waals surface area contributed by atoms with Gasteiger partial charge in [0.25, 0.3) is 0 Å². The van der Waals surface area contributed by atoms with Crippen molar-refractivity contribution in [3.8, 4) is 11.8 Å². The zero-order valence-corrected chi connectivity index (χ0v) is 14.6. The fourth-order valence-electron chi connectivity index (χ4n) is 3.20. The Morgan fingerprint density at radius 1 is 1.04 bits per heavy atom. The van der Waals surface area contributed by atoms with Crippen molar-refractivity contribution in [2.24, 2.45) is 5.92 Å². The van der Waals surface area contributed by atoms with Crippen LogP contribution in [0.15, 0.2) is 60.7 Å². The van der Waals surface area contributed by atoms with E-state index >= 15 is 0 Å². The highest BCUT2D eigenvalue weighted by molar-refractivity contribution is 5.85. The number of likely N-dealkylation sites (tertiary alicyclic amines) is 1. The highest BCUT2D eigenvalue weighted by atomic mass is 35.5. The van der Waals surface area contributed by atoms with Crippen LogP contribution >= 0.6 is 12.4 Å². The lowest BCUT2D eigenvalue weighted by Crippen LogP contribution is -2.42. The first kappa shape index (κ1) is 18.3. The quantitative estimate of drug-likeness (QED) is 0.767. The largest absolute Gasteiger partial charge is 0.299 e. The van der Waals surface area contributed by atoms with Gasteiger partial charge in [-0.2, -0.15) is 0 Å². The van der Waals surface area contributed by atoms with Crippen molar-refractivity contribution in [2.45, 2.75) is 19.4 Å². The Morgan fingerprint density at radius 3 is 2.33 bits per heavy atom. The van der Waals surface area contributed by atoms with Gasteiger partial charge in [0.2, 0.25) is 0 Å². The van der Waals surface area contributed by atoms with Gasteiger partial charge < -0.3 is 0 Å². The molecule has 1 aliphatic rings. The zero-order chi connectivity index (χ0) is 16.1. The molecule has 0 spiro atoms. The summed E-state index contributed by atoms with van der Waals surface area (Å²) in [5, 5.41) is 0. The Kier molecular flexibility index (Phi) is 6.61. The van der Waals surface area contributed by atoms with Crippen LogP contribution in [-0.4, -0.2) is 23.8 Å². The molecule has 1 heterocycles. The van der Waals surface area contributed by atoms with Gasteiger partial charge in [-0.05, 0) is 17.7 Å². The second kappa shape index (κ2) is 8.68. The SMILES string of the molecule is CC1C(=O)CCN(CC#Cc2ccccc2)C1c1ccccc1.Cl. The van der Waals surface area contributed by atoms with Crippen LogP contribution in [0.5, 0.6) is 0 Å². The molecule has 2 atom stereocenters. The number of hydrogen-bond donors (Lipinski definition) is 0. The van der Waals surface area contributed by atoms with Gasteiger partial charge in [0.15, 0.2) is 0 Å². The summed E-state index contributed by atoms with van der Waals surface area (Å²) in [5.74, 6) is 6.86. The number of halogens is 1. The summed E-state index contributed by atoms with van der Waals surface area (Å²) >= 11 is 0. The molecule has 0 aromatic heterocycles. The Labute approximate surface area is 150 Å². The maximum absolute atomic E-state index is 12.2. The number of ketones is 1. The Balaban J connectivity index is 0.00000208. The molecule has 0 aliphatic carbocycles. The number of carbonyl (C=O) groups is 1. The van der Waals surface area contributed by atoms with Crippen LogP contribution in [0.2, 0.25) is 0 Å². The van der Waals surface area contributed by atoms with Crippen LogP contribution in [-0.2, 0) is 4.79 Å². The molecule has 0 amide bonds. The van der Waals surface area contributed by atoms with E-state index in [1.165, 1.54) is 5.56 Å². The summed E-state index contributed by atoms with van der Waals surface area (Å²) in [7, 11) is 0. The number of Topliss-reactive ketones (excluding diaryl/α,β-unsaturated/α-hetero) is 1. The molecule has 0 bridgehead atoms. The predicted octanol–water partition coefficient (Wildman–Crippen LogP) is 4.11. The fourth-order valence-corrected chi connectivity index (χ4v) is 3.20. The van der Waals surface area contributed by atoms with Gasteiger partial charge in [0.1, 0.15) is 5.78 Å². The molecule has 24 heavy (non-hydrogen) atoms. The summed E-state index contributed by atoms with van der Waals surface area (Å²) in [6.45, 7) is 3.51. The number of rotatable bonds is 2. The molecule has 0 radical (unpaired) electrons. The van der Waals surface area contributed by atoms with Crippen molar-refractivity contribution in [2.75, 3.05) is 13.1 Å². The molecule has 124 valence electrons. The molecule has 2 unspecified atom stereocenters. The molecular formula is C21H22ClNO. The van der Waals surface area contributed by atoms with Gasteiger partial charge in [0, 0.05) is 30.5 Å². The lowest BCUT2D eigenvalue weighted by molar-refractivity contribution is -0.128. The summed E-state index contributed by atoms with van der Waals surface area (Å²) < 4.78 is 0. The molecule has 3 rings (SSSR count). The van der Waals surface area contributed by atoms with Crippen molar-refractivity contribution in [3.05, 3.63) is 71.8 Å². The fraction of sp³-hybridized carbons (Fsp3) is 0.286. The summed E-state index contributed by atoms with van der Waals surface area (Å²) in [6.07, 6.45) is 0.623. The van der Waals surface area contributed by atoms with Crippen LogP contribution in [0.25, 0.3) is 0 Å². The van der Waals surface area contributed by atoms with E-state index in [2.05, 4.69) is 28.9 Å². The molecule has 1 aliphatic heterocycles. The van der Waals surface area contributed by atoms with Gasteiger partial charge in [0.05, 0.1) is 6.54 Å². The topological polar surface area (TPSA) is 20.3 Å². The first-order valence-electron chi connectivity index (χ1n) is 8.11. The monoisotopic (exact) mass is 339 g/mol. The average Bonchev–Trinajstić information content (AvgIpc) is 2.60. The third-order valence-corrected chi connectivity index (χ3v) is 4.45. The molecule has 3 heteroatoms. The van der Waals surface area contributed by atoms with Crippen molar-refractivity contribution in [1.82, 2.24) is 4.90 Å². The first-order chi connectivity index (χ1) is 11.3. The molecule has 0 N–H and O–H groups in total. The molecule has 1 saturated heterocycles. The normalized spacial score (nSPS) is 20.6. The van der Waals surface area contributed by atoms with E-state index in [0.29, 0.717) is 18.7 Å². The molecule has 0 saturated carbocycles. The Hall–Kier alpha value is -2.08. The zero-order valence-electron chi connectivity index (χ0n) is 13.8. The summed E-state index contributed by atoms with van der Waals surface area (Å²) in [5.41, 5.74) is 2.24. The number of nitrogens with zero attached hydrogens (tertiary/aromatic N) is 1. The molecule has 2 nitrogen and oxygen atoms in total. The van der Waals surface area contributed by atoms with E-state index in [0.717, 1.165) is 12.1 Å². The van der Waals surface area contributed by atoms with Crippen molar-refractivity contribution in [1.29, 1.82) is 0 Å². The maximum Gasteiger partial charge on any atom is 0.138 e. The number of piperidine rings is 1. The second-order valence-electron chi connectivity index (χ2n) is 6.00. The number of hydrogen-bond acceptors (Lipinski definition) is 2. The average molecular weight is 340 g/mol. The standard InChI is InChI=1S/C21H21NO.ClH/c1-17-20(23)14-16-22(21(17)19-12-6-3-7-13-19)15-8-11-18-9-4-2-5-10-18;/h2-7,9-10,12-13,17,21H,14-16H2,1H3;1H. The van der Waals surface area contributed by atoms with Gasteiger partial charge in [-0.15, -0.1) is 12.4 Å². The van der Waals surface area contributed by atoms with E-state index in [1.54, 1.807) is 0 Å². The molecule has 1 fully saturated rings. The molecule has 2 aromatic carbocycles. The van der Waals surface area contributed by atoms with Crippen LogP contribution < -0.4 is 0 Å². The summed E-state index contributed by atoms with van der Waals surface area (Å²) in [4.78, 5) is 14.5. The van der Waals surface area contributed by atoms with E-state index in [-0.39, 0.29) is 24.4 Å². The predicted molar refractivity (Wildman–Crippen MR) is 100 cm³/mol. The first-order valence-corrected chi connectivity index (χ1v) is 8.11. The third kappa shape index (κ3) is 4.26. The van der Waals surface area contributed by atoms with E-state index < -0.39 is 0 Å². The van der Waals surface area contributed by atoms with Crippen molar-refractivity contribution in [3.63, 3.8) is 0 Å². The smallest absolute Gasteiger partial charge is 0.138 e.